The van der Waals surface area contributed by atoms with Crippen molar-refractivity contribution in [1.82, 2.24) is 0 Å². The molecule has 44 heavy (non-hydrogen) atoms. The minimum atomic E-state index is -1.09. The highest BCUT2D eigenvalue weighted by molar-refractivity contribution is 5.92. The van der Waals surface area contributed by atoms with Crippen molar-refractivity contribution in [3.8, 4) is 0 Å². The standard InChI is InChI=1S/C37H30O7/c1-24-21-22-30(29-20-12-11-19-28(24)29)32-34(44-37(40)27-17-9-4-10-18-27)33(43-36(39)26-15-7-3-8-16-26)31(42-32)23-41-35(38)25-13-5-2-6-14-25/h2-22,31-34H,23H2,1H3/t31-,32+,33-,34+/m1/s1. The topological polar surface area (TPSA) is 88.1 Å². The summed E-state index contributed by atoms with van der Waals surface area (Å²) in [6, 6.07) is 37.5. The Balaban J connectivity index is 1.39. The lowest BCUT2D eigenvalue weighted by molar-refractivity contribution is -0.0449. The molecule has 0 aromatic heterocycles. The highest BCUT2D eigenvalue weighted by Gasteiger charge is 2.51. The fourth-order valence-electron chi connectivity index (χ4n) is 5.45. The smallest absolute Gasteiger partial charge is 0.338 e. The van der Waals surface area contributed by atoms with E-state index in [0.29, 0.717) is 16.7 Å². The van der Waals surface area contributed by atoms with Crippen molar-refractivity contribution in [3.05, 3.63) is 155 Å². The van der Waals surface area contributed by atoms with Crippen molar-refractivity contribution in [2.75, 3.05) is 6.61 Å². The lowest BCUT2D eigenvalue weighted by Gasteiger charge is -2.25. The molecule has 1 fully saturated rings. The summed E-state index contributed by atoms with van der Waals surface area (Å²) in [5, 5.41) is 1.92. The van der Waals surface area contributed by atoms with Crippen LogP contribution in [-0.2, 0) is 18.9 Å². The van der Waals surface area contributed by atoms with Gasteiger partial charge in [0.25, 0.3) is 0 Å². The fourth-order valence-corrected chi connectivity index (χ4v) is 5.45. The van der Waals surface area contributed by atoms with Gasteiger partial charge in [-0.05, 0) is 65.2 Å². The molecule has 220 valence electrons. The van der Waals surface area contributed by atoms with Crippen LogP contribution in [0.4, 0.5) is 0 Å². The Morgan fingerprint density at radius 3 is 1.61 bits per heavy atom. The summed E-state index contributed by atoms with van der Waals surface area (Å²) in [4.78, 5) is 39.7. The Bertz CT molecular complexity index is 1770. The van der Waals surface area contributed by atoms with E-state index in [1.807, 2.05) is 43.3 Å². The third-order valence-corrected chi connectivity index (χ3v) is 7.69. The number of hydrogen-bond acceptors (Lipinski definition) is 7. The normalized spacial score (nSPS) is 19.3. The molecule has 1 aliphatic heterocycles. The number of carbonyl (C=O) groups is 3. The minimum Gasteiger partial charge on any atom is -0.459 e. The second kappa shape index (κ2) is 12.9. The van der Waals surface area contributed by atoms with E-state index in [1.54, 1.807) is 91.0 Å². The Hall–Kier alpha value is -5.27. The van der Waals surface area contributed by atoms with Crippen molar-refractivity contribution in [2.45, 2.75) is 31.3 Å². The maximum absolute atomic E-state index is 13.5. The molecule has 5 aromatic rings. The first kappa shape index (κ1) is 28.8. The number of carbonyl (C=O) groups excluding carboxylic acids is 3. The van der Waals surface area contributed by atoms with E-state index < -0.39 is 42.3 Å². The van der Waals surface area contributed by atoms with Crippen LogP contribution in [0.3, 0.4) is 0 Å². The number of rotatable bonds is 8. The predicted octanol–water partition coefficient (Wildman–Crippen LogP) is 6.90. The molecule has 4 atom stereocenters. The van der Waals surface area contributed by atoms with Gasteiger partial charge in [0.05, 0.1) is 16.7 Å². The molecule has 6 rings (SSSR count). The first-order chi connectivity index (χ1) is 21.5. The number of esters is 3. The van der Waals surface area contributed by atoms with Gasteiger partial charge in [0.2, 0.25) is 0 Å². The van der Waals surface area contributed by atoms with Gasteiger partial charge in [-0.3, -0.25) is 0 Å². The molecule has 5 aromatic carbocycles. The number of hydrogen-bond donors (Lipinski definition) is 0. The second-order valence-electron chi connectivity index (χ2n) is 10.5. The van der Waals surface area contributed by atoms with Crippen LogP contribution in [-0.4, -0.2) is 42.8 Å². The molecule has 0 aliphatic carbocycles. The quantitative estimate of drug-likeness (QED) is 0.144. The Kier molecular flexibility index (Phi) is 8.48. The zero-order valence-corrected chi connectivity index (χ0v) is 24.0. The van der Waals surface area contributed by atoms with Crippen molar-refractivity contribution in [1.29, 1.82) is 0 Å². The van der Waals surface area contributed by atoms with Gasteiger partial charge in [0, 0.05) is 0 Å². The van der Waals surface area contributed by atoms with Crippen molar-refractivity contribution < 1.29 is 33.3 Å². The third kappa shape index (κ3) is 6.09. The molecule has 0 unspecified atom stereocenters. The SMILES string of the molecule is Cc1ccc([C@@H]2O[C@H](COC(=O)c3ccccc3)[C@@H](OC(=O)c3ccccc3)[C@H]2OC(=O)c2ccccc2)c2ccccc12. The van der Waals surface area contributed by atoms with Gasteiger partial charge in [-0.25, -0.2) is 14.4 Å². The number of ether oxygens (including phenoxy) is 4. The summed E-state index contributed by atoms with van der Waals surface area (Å²) < 4.78 is 24.4. The van der Waals surface area contributed by atoms with Gasteiger partial charge in [0.15, 0.2) is 12.2 Å². The highest BCUT2D eigenvalue weighted by Crippen LogP contribution is 2.41. The van der Waals surface area contributed by atoms with Gasteiger partial charge in [0.1, 0.15) is 18.8 Å². The number of benzene rings is 5. The van der Waals surface area contributed by atoms with E-state index in [4.69, 9.17) is 18.9 Å². The van der Waals surface area contributed by atoms with Crippen molar-refractivity contribution in [3.63, 3.8) is 0 Å². The summed E-state index contributed by atoms with van der Waals surface area (Å²) >= 11 is 0. The van der Waals surface area contributed by atoms with Gasteiger partial charge in [-0.15, -0.1) is 0 Å². The van der Waals surface area contributed by atoms with Crippen LogP contribution in [0.1, 0.15) is 48.3 Å². The molecule has 0 bridgehead atoms. The zero-order chi connectivity index (χ0) is 30.5. The Morgan fingerprint density at radius 1 is 0.568 bits per heavy atom. The summed E-state index contributed by atoms with van der Waals surface area (Å²) in [6.07, 6.45) is -3.91. The van der Waals surface area contributed by atoms with Gasteiger partial charge in [-0.2, -0.15) is 0 Å². The lowest BCUT2D eigenvalue weighted by atomic mass is 9.93. The molecule has 0 amide bonds. The minimum absolute atomic E-state index is 0.236. The number of fused-ring (bicyclic) bond motifs is 1. The van der Waals surface area contributed by atoms with E-state index in [9.17, 15) is 14.4 Å². The van der Waals surface area contributed by atoms with E-state index in [2.05, 4.69) is 0 Å². The molecule has 0 N–H and O–H groups in total. The Morgan fingerprint density at radius 2 is 1.05 bits per heavy atom. The van der Waals surface area contributed by atoms with Crippen LogP contribution < -0.4 is 0 Å². The maximum Gasteiger partial charge on any atom is 0.338 e. The summed E-state index contributed by atoms with van der Waals surface area (Å²) in [6.45, 7) is 1.78. The van der Waals surface area contributed by atoms with Crippen LogP contribution in [0, 0.1) is 6.92 Å². The van der Waals surface area contributed by atoms with Crippen LogP contribution >= 0.6 is 0 Å². The zero-order valence-electron chi connectivity index (χ0n) is 24.0. The molecule has 1 heterocycles. The molecular formula is C37H30O7. The monoisotopic (exact) mass is 586 g/mol. The van der Waals surface area contributed by atoms with Crippen LogP contribution in [0.5, 0.6) is 0 Å². The van der Waals surface area contributed by atoms with Gasteiger partial charge >= 0.3 is 17.9 Å². The molecular weight excluding hydrogens is 556 g/mol. The maximum atomic E-state index is 13.5. The molecule has 0 saturated carbocycles. The van der Waals surface area contributed by atoms with Gasteiger partial charge < -0.3 is 18.9 Å². The van der Waals surface area contributed by atoms with Crippen LogP contribution in [0.2, 0.25) is 0 Å². The van der Waals surface area contributed by atoms with E-state index in [1.165, 1.54) is 0 Å². The molecule has 0 spiro atoms. The largest absolute Gasteiger partial charge is 0.459 e. The third-order valence-electron chi connectivity index (χ3n) is 7.69. The lowest BCUT2D eigenvalue weighted by Crippen LogP contribution is -2.40. The fraction of sp³-hybridized carbons (Fsp3) is 0.162. The predicted molar refractivity (Wildman–Crippen MR) is 164 cm³/mol. The summed E-state index contributed by atoms with van der Waals surface area (Å²) in [5.41, 5.74) is 2.86. The summed E-state index contributed by atoms with van der Waals surface area (Å²) in [7, 11) is 0. The van der Waals surface area contributed by atoms with E-state index >= 15 is 0 Å². The molecule has 1 aliphatic rings. The Labute approximate surface area is 255 Å². The average molecular weight is 587 g/mol. The second-order valence-corrected chi connectivity index (χ2v) is 10.5. The first-order valence-electron chi connectivity index (χ1n) is 14.4. The first-order valence-corrected chi connectivity index (χ1v) is 14.4. The van der Waals surface area contributed by atoms with Crippen LogP contribution in [0.15, 0.2) is 127 Å². The van der Waals surface area contributed by atoms with Gasteiger partial charge in [-0.1, -0.05) is 91.0 Å². The van der Waals surface area contributed by atoms with E-state index in [-0.39, 0.29) is 6.61 Å². The highest BCUT2D eigenvalue weighted by atomic mass is 16.6. The van der Waals surface area contributed by atoms with Crippen molar-refractivity contribution >= 4 is 28.7 Å². The number of aryl methyl sites for hydroxylation is 1. The van der Waals surface area contributed by atoms with Crippen LogP contribution in [0.25, 0.3) is 10.8 Å². The summed E-state index contributed by atoms with van der Waals surface area (Å²) in [5.74, 6) is -1.76. The van der Waals surface area contributed by atoms with Crippen molar-refractivity contribution in [2.24, 2.45) is 0 Å². The molecule has 7 nitrogen and oxygen atoms in total. The average Bonchev–Trinajstić information content (AvgIpc) is 3.40. The molecule has 1 saturated heterocycles. The molecule has 0 radical (unpaired) electrons. The van der Waals surface area contributed by atoms with E-state index in [0.717, 1.165) is 21.9 Å². The molecule has 7 heteroatoms.